The molecule has 0 aliphatic carbocycles. The third kappa shape index (κ3) is 5.22. The zero-order chi connectivity index (χ0) is 29.4. The Labute approximate surface area is 244 Å². The van der Waals surface area contributed by atoms with Crippen molar-refractivity contribution in [2.75, 3.05) is 13.7 Å². The fourth-order valence-electron chi connectivity index (χ4n) is 5.86. The molecular formula is C33H36N6O3. The molecule has 216 valence electrons. The van der Waals surface area contributed by atoms with E-state index in [-0.39, 0.29) is 23.8 Å². The van der Waals surface area contributed by atoms with E-state index in [1.807, 2.05) is 24.1 Å². The van der Waals surface area contributed by atoms with Gasteiger partial charge in [-0.2, -0.15) is 0 Å². The van der Waals surface area contributed by atoms with Crippen LogP contribution in [-0.4, -0.2) is 56.5 Å². The zero-order valence-electron chi connectivity index (χ0n) is 24.3. The number of aromatic amines is 2. The Morgan fingerprint density at radius 1 is 1.00 bits per heavy atom. The fraction of sp³-hybridized carbons (Fsp3) is 0.333. The summed E-state index contributed by atoms with van der Waals surface area (Å²) in [6.07, 6.45) is 4.60. The Kier molecular flexibility index (Phi) is 7.41. The SMILES string of the molecule is COC(=O)NC(C(=O)N1CCCC1c1nc2ccc(-c3ccc4cc(-c5cnc[nH]5)ccc4c3)cc2[nH]1)C(C)C(C)C. The molecular weight excluding hydrogens is 528 g/mol. The largest absolute Gasteiger partial charge is 0.453 e. The molecule has 3 unspecified atom stereocenters. The van der Waals surface area contributed by atoms with E-state index in [0.717, 1.165) is 62.9 Å². The number of methoxy groups -OCH3 is 1. The van der Waals surface area contributed by atoms with Gasteiger partial charge in [0.2, 0.25) is 5.91 Å². The maximum atomic E-state index is 13.8. The highest BCUT2D eigenvalue weighted by Crippen LogP contribution is 2.35. The molecule has 6 rings (SSSR count). The molecule has 1 fully saturated rings. The van der Waals surface area contributed by atoms with Gasteiger partial charge < -0.3 is 24.9 Å². The molecule has 0 saturated carbocycles. The lowest BCUT2D eigenvalue weighted by atomic mass is 9.89. The third-order valence-corrected chi connectivity index (χ3v) is 8.64. The molecule has 1 saturated heterocycles. The van der Waals surface area contributed by atoms with Gasteiger partial charge in [0.1, 0.15) is 11.9 Å². The summed E-state index contributed by atoms with van der Waals surface area (Å²) in [7, 11) is 1.31. The number of hydrogen-bond donors (Lipinski definition) is 3. The molecule has 1 aliphatic rings. The monoisotopic (exact) mass is 564 g/mol. The molecule has 3 aromatic carbocycles. The van der Waals surface area contributed by atoms with Crippen LogP contribution in [0, 0.1) is 11.8 Å². The van der Waals surface area contributed by atoms with E-state index in [9.17, 15) is 9.59 Å². The van der Waals surface area contributed by atoms with Crippen LogP contribution < -0.4 is 5.32 Å². The number of alkyl carbamates (subject to hydrolysis) is 1. The van der Waals surface area contributed by atoms with Gasteiger partial charge in [0.05, 0.1) is 42.4 Å². The Morgan fingerprint density at radius 2 is 1.71 bits per heavy atom. The number of fused-ring (bicyclic) bond motifs is 2. The maximum absolute atomic E-state index is 13.8. The van der Waals surface area contributed by atoms with Crippen molar-refractivity contribution in [2.45, 2.75) is 45.7 Å². The van der Waals surface area contributed by atoms with Gasteiger partial charge in [-0.3, -0.25) is 4.79 Å². The number of amides is 2. The number of benzene rings is 3. The number of nitrogens with zero attached hydrogens (tertiary/aromatic N) is 3. The predicted molar refractivity (Wildman–Crippen MR) is 164 cm³/mol. The quantitative estimate of drug-likeness (QED) is 0.210. The number of hydrogen-bond acceptors (Lipinski definition) is 5. The summed E-state index contributed by atoms with van der Waals surface area (Å²) in [5, 5.41) is 5.10. The Balaban J connectivity index is 1.26. The van der Waals surface area contributed by atoms with Crippen LogP contribution in [0.4, 0.5) is 4.79 Å². The predicted octanol–water partition coefficient (Wildman–Crippen LogP) is 6.45. The summed E-state index contributed by atoms with van der Waals surface area (Å²) in [5.41, 5.74) is 6.09. The number of nitrogens with one attached hydrogen (secondary N) is 3. The highest BCUT2D eigenvalue weighted by Gasteiger charge is 2.39. The van der Waals surface area contributed by atoms with Crippen LogP contribution in [0.5, 0.6) is 0 Å². The molecule has 3 heterocycles. The summed E-state index contributed by atoms with van der Waals surface area (Å²) >= 11 is 0. The molecule has 3 atom stereocenters. The first-order chi connectivity index (χ1) is 20.3. The molecule has 0 spiro atoms. The third-order valence-electron chi connectivity index (χ3n) is 8.64. The highest BCUT2D eigenvalue weighted by molar-refractivity contribution is 5.92. The molecule has 0 bridgehead atoms. The number of H-pyrrole nitrogens is 2. The lowest BCUT2D eigenvalue weighted by Gasteiger charge is -2.32. The first-order valence-electron chi connectivity index (χ1n) is 14.5. The Morgan fingerprint density at radius 3 is 2.43 bits per heavy atom. The van der Waals surface area contributed by atoms with E-state index >= 15 is 0 Å². The summed E-state index contributed by atoms with van der Waals surface area (Å²) in [5.74, 6) is 0.814. The van der Waals surface area contributed by atoms with Crippen molar-refractivity contribution >= 4 is 33.8 Å². The van der Waals surface area contributed by atoms with Crippen molar-refractivity contribution in [3.8, 4) is 22.4 Å². The van der Waals surface area contributed by atoms with Crippen LogP contribution in [0.2, 0.25) is 0 Å². The molecule has 2 aromatic heterocycles. The summed E-state index contributed by atoms with van der Waals surface area (Å²) < 4.78 is 4.82. The van der Waals surface area contributed by atoms with Crippen LogP contribution in [-0.2, 0) is 9.53 Å². The molecule has 2 amide bonds. The molecule has 42 heavy (non-hydrogen) atoms. The van der Waals surface area contributed by atoms with E-state index in [0.29, 0.717) is 6.54 Å². The van der Waals surface area contributed by atoms with Crippen molar-refractivity contribution in [1.29, 1.82) is 0 Å². The second-order valence-corrected chi connectivity index (χ2v) is 11.5. The lowest BCUT2D eigenvalue weighted by molar-refractivity contribution is -0.136. The number of carbonyl (C=O) groups is 2. The Hall–Kier alpha value is -4.66. The summed E-state index contributed by atoms with van der Waals surface area (Å²) in [6.45, 7) is 6.71. The standard InChI is InChI=1S/C33H36N6O3/c1-19(2)20(3)30(38-33(41)42-4)32(40)39-13-5-6-29(39)31-36-26-12-11-24(16-27(26)37-31)22-7-8-23-15-25(10-9-21(23)14-22)28-17-34-18-35-28/h7-12,14-20,29-30H,5-6,13H2,1-4H3,(H,34,35)(H,36,37)(H,38,41). The number of imidazole rings is 2. The van der Waals surface area contributed by atoms with Gasteiger partial charge in [0, 0.05) is 12.1 Å². The average molecular weight is 565 g/mol. The first kappa shape index (κ1) is 27.5. The second kappa shape index (κ2) is 11.3. The molecule has 1 aliphatic heterocycles. The molecule has 9 heteroatoms. The minimum Gasteiger partial charge on any atom is -0.453 e. The van der Waals surface area contributed by atoms with Gasteiger partial charge in [-0.25, -0.2) is 14.8 Å². The molecule has 5 aromatic rings. The second-order valence-electron chi connectivity index (χ2n) is 11.5. The van der Waals surface area contributed by atoms with Gasteiger partial charge in [-0.05, 0) is 70.8 Å². The van der Waals surface area contributed by atoms with Crippen LogP contribution in [0.15, 0.2) is 67.1 Å². The lowest BCUT2D eigenvalue weighted by Crippen LogP contribution is -2.52. The topological polar surface area (TPSA) is 116 Å². The number of likely N-dealkylation sites (tertiary alicyclic amines) is 1. The van der Waals surface area contributed by atoms with Crippen molar-refractivity contribution in [3.05, 3.63) is 72.9 Å². The molecule has 3 N–H and O–H groups in total. The smallest absolute Gasteiger partial charge is 0.407 e. The van der Waals surface area contributed by atoms with Gasteiger partial charge in [-0.15, -0.1) is 0 Å². The minimum absolute atomic E-state index is 0.0601. The van der Waals surface area contributed by atoms with Gasteiger partial charge in [0.25, 0.3) is 0 Å². The van der Waals surface area contributed by atoms with E-state index in [4.69, 9.17) is 9.72 Å². The molecule has 9 nitrogen and oxygen atoms in total. The van der Waals surface area contributed by atoms with E-state index in [2.05, 4.69) is 82.6 Å². The molecule has 0 radical (unpaired) electrons. The Bertz CT molecular complexity index is 1740. The number of carbonyl (C=O) groups excluding carboxylic acids is 2. The van der Waals surface area contributed by atoms with E-state index in [1.165, 1.54) is 7.11 Å². The van der Waals surface area contributed by atoms with Crippen molar-refractivity contribution in [3.63, 3.8) is 0 Å². The normalized spacial score (nSPS) is 16.7. The average Bonchev–Trinajstić information content (AvgIpc) is 3.79. The van der Waals surface area contributed by atoms with Gasteiger partial charge in [-0.1, -0.05) is 51.1 Å². The summed E-state index contributed by atoms with van der Waals surface area (Å²) in [6, 6.07) is 18.3. The van der Waals surface area contributed by atoms with E-state index < -0.39 is 12.1 Å². The highest BCUT2D eigenvalue weighted by atomic mass is 16.5. The van der Waals surface area contributed by atoms with Crippen LogP contribution in [0.3, 0.4) is 0 Å². The van der Waals surface area contributed by atoms with Crippen LogP contribution in [0.25, 0.3) is 44.2 Å². The minimum atomic E-state index is -0.669. The van der Waals surface area contributed by atoms with Crippen molar-refractivity contribution < 1.29 is 14.3 Å². The fourth-order valence-corrected chi connectivity index (χ4v) is 5.86. The number of rotatable bonds is 7. The summed E-state index contributed by atoms with van der Waals surface area (Å²) in [4.78, 5) is 43.4. The van der Waals surface area contributed by atoms with Crippen LogP contribution in [0.1, 0.15) is 45.5 Å². The van der Waals surface area contributed by atoms with E-state index in [1.54, 1.807) is 6.33 Å². The maximum Gasteiger partial charge on any atom is 0.407 e. The first-order valence-corrected chi connectivity index (χ1v) is 14.5. The zero-order valence-corrected chi connectivity index (χ0v) is 24.3. The van der Waals surface area contributed by atoms with Crippen LogP contribution >= 0.6 is 0 Å². The van der Waals surface area contributed by atoms with Crippen molar-refractivity contribution in [1.82, 2.24) is 30.2 Å². The van der Waals surface area contributed by atoms with Gasteiger partial charge in [0.15, 0.2) is 0 Å². The number of ether oxygens (including phenoxy) is 1. The van der Waals surface area contributed by atoms with Gasteiger partial charge >= 0.3 is 6.09 Å². The van der Waals surface area contributed by atoms with Crippen molar-refractivity contribution in [2.24, 2.45) is 11.8 Å². The number of aromatic nitrogens is 4.